The van der Waals surface area contributed by atoms with E-state index >= 15 is 0 Å². The van der Waals surface area contributed by atoms with Crippen LogP contribution in [0.25, 0.3) is 11.0 Å². The smallest absolute Gasteiger partial charge is 0.148 e. The van der Waals surface area contributed by atoms with Crippen LogP contribution in [-0.4, -0.2) is 5.11 Å². The Morgan fingerprint density at radius 2 is 2.12 bits per heavy atom. The standard InChI is InChI=1S/C13H13BrO2/c1-7-4-9-6-11(12(15)8-2-3-8)16-13(9)10(14)5-7/h4-6,8,12,15H,2-3H2,1H3. The van der Waals surface area contributed by atoms with E-state index in [0.717, 1.165) is 28.3 Å². The monoisotopic (exact) mass is 280 g/mol. The van der Waals surface area contributed by atoms with Gasteiger partial charge >= 0.3 is 0 Å². The third kappa shape index (κ3) is 1.68. The fourth-order valence-corrected chi connectivity index (χ4v) is 2.73. The molecule has 16 heavy (non-hydrogen) atoms. The van der Waals surface area contributed by atoms with E-state index in [-0.39, 0.29) is 0 Å². The van der Waals surface area contributed by atoms with Gasteiger partial charge in [-0.05, 0) is 65.4 Å². The van der Waals surface area contributed by atoms with E-state index in [1.165, 1.54) is 5.56 Å². The van der Waals surface area contributed by atoms with Crippen LogP contribution in [0.5, 0.6) is 0 Å². The molecule has 1 aromatic carbocycles. The Morgan fingerprint density at radius 1 is 1.38 bits per heavy atom. The number of hydrogen-bond acceptors (Lipinski definition) is 2. The first-order valence-electron chi connectivity index (χ1n) is 5.53. The number of aliphatic hydroxyl groups excluding tert-OH is 1. The van der Waals surface area contributed by atoms with Gasteiger partial charge in [0.15, 0.2) is 0 Å². The first-order valence-corrected chi connectivity index (χ1v) is 6.32. The molecule has 1 aromatic heterocycles. The predicted octanol–water partition coefficient (Wildman–Crippen LogP) is 3.95. The van der Waals surface area contributed by atoms with E-state index in [4.69, 9.17) is 4.42 Å². The minimum absolute atomic E-state index is 0.403. The van der Waals surface area contributed by atoms with Crippen LogP contribution < -0.4 is 0 Å². The molecule has 0 saturated heterocycles. The lowest BCUT2D eigenvalue weighted by Crippen LogP contribution is -1.96. The summed E-state index contributed by atoms with van der Waals surface area (Å²) in [5, 5.41) is 11.1. The second-order valence-electron chi connectivity index (χ2n) is 4.60. The molecule has 2 aromatic rings. The fourth-order valence-electron chi connectivity index (χ4n) is 2.06. The molecule has 1 aliphatic carbocycles. The van der Waals surface area contributed by atoms with Crippen molar-refractivity contribution in [3.05, 3.63) is 34.0 Å². The summed E-state index contributed by atoms with van der Waals surface area (Å²) in [6.45, 7) is 2.05. The Balaban J connectivity index is 2.11. The summed E-state index contributed by atoms with van der Waals surface area (Å²) in [4.78, 5) is 0. The Hall–Kier alpha value is -0.800. The largest absolute Gasteiger partial charge is 0.457 e. The molecule has 0 bridgehead atoms. The van der Waals surface area contributed by atoms with E-state index in [9.17, 15) is 5.11 Å². The first-order chi connectivity index (χ1) is 7.65. The molecule has 1 unspecified atom stereocenters. The molecule has 1 atom stereocenters. The van der Waals surface area contributed by atoms with Crippen molar-refractivity contribution in [1.82, 2.24) is 0 Å². The summed E-state index contributed by atoms with van der Waals surface area (Å²) < 4.78 is 6.68. The number of benzene rings is 1. The van der Waals surface area contributed by atoms with Gasteiger partial charge in [0.2, 0.25) is 0 Å². The van der Waals surface area contributed by atoms with E-state index in [0.29, 0.717) is 11.7 Å². The minimum Gasteiger partial charge on any atom is -0.457 e. The predicted molar refractivity (Wildman–Crippen MR) is 66.3 cm³/mol. The van der Waals surface area contributed by atoms with Crippen LogP contribution in [0.15, 0.2) is 27.1 Å². The average molecular weight is 281 g/mol. The van der Waals surface area contributed by atoms with E-state index < -0.39 is 6.10 Å². The summed E-state index contributed by atoms with van der Waals surface area (Å²) in [5.74, 6) is 1.10. The van der Waals surface area contributed by atoms with Crippen LogP contribution >= 0.6 is 15.9 Å². The first kappa shape index (κ1) is 10.4. The number of fused-ring (bicyclic) bond motifs is 1. The van der Waals surface area contributed by atoms with Gasteiger partial charge in [0.05, 0.1) is 4.47 Å². The van der Waals surface area contributed by atoms with Gasteiger partial charge in [-0.25, -0.2) is 0 Å². The highest BCUT2D eigenvalue weighted by atomic mass is 79.9. The summed E-state index contributed by atoms with van der Waals surface area (Å²) in [7, 11) is 0. The normalized spacial score (nSPS) is 17.9. The van der Waals surface area contributed by atoms with E-state index in [1.807, 2.05) is 19.1 Å². The summed E-state index contributed by atoms with van der Waals surface area (Å²) >= 11 is 3.49. The molecular formula is C13H13BrO2. The van der Waals surface area contributed by atoms with Gasteiger partial charge in [0, 0.05) is 5.39 Å². The van der Waals surface area contributed by atoms with Crippen LogP contribution in [0.4, 0.5) is 0 Å². The van der Waals surface area contributed by atoms with Gasteiger partial charge in [-0.15, -0.1) is 0 Å². The molecule has 2 nitrogen and oxygen atoms in total. The van der Waals surface area contributed by atoms with Gasteiger partial charge < -0.3 is 9.52 Å². The van der Waals surface area contributed by atoms with Gasteiger partial charge in [0.25, 0.3) is 0 Å². The molecule has 1 aliphatic rings. The van der Waals surface area contributed by atoms with Crippen LogP contribution in [-0.2, 0) is 0 Å². The molecule has 0 spiro atoms. The third-order valence-corrected chi connectivity index (χ3v) is 3.68. The zero-order valence-corrected chi connectivity index (χ0v) is 10.6. The lowest BCUT2D eigenvalue weighted by Gasteiger charge is -2.03. The minimum atomic E-state index is -0.431. The van der Waals surface area contributed by atoms with Crippen molar-refractivity contribution in [3.63, 3.8) is 0 Å². The Bertz CT molecular complexity index is 540. The molecule has 84 valence electrons. The quantitative estimate of drug-likeness (QED) is 0.904. The second-order valence-corrected chi connectivity index (χ2v) is 5.45. The molecule has 1 fully saturated rings. The molecular weight excluding hydrogens is 268 g/mol. The van der Waals surface area contributed by atoms with Crippen molar-refractivity contribution in [2.45, 2.75) is 25.9 Å². The van der Waals surface area contributed by atoms with Crippen LogP contribution in [0.3, 0.4) is 0 Å². The van der Waals surface area contributed by atoms with E-state index in [2.05, 4.69) is 22.0 Å². The zero-order valence-electron chi connectivity index (χ0n) is 9.03. The van der Waals surface area contributed by atoms with Crippen molar-refractivity contribution < 1.29 is 9.52 Å². The summed E-state index contributed by atoms with van der Waals surface area (Å²) in [5.41, 5.74) is 2.02. The zero-order chi connectivity index (χ0) is 11.3. The van der Waals surface area contributed by atoms with Crippen molar-refractivity contribution in [1.29, 1.82) is 0 Å². The molecule has 1 N–H and O–H groups in total. The molecule has 0 aliphatic heterocycles. The third-order valence-electron chi connectivity index (χ3n) is 3.09. The van der Waals surface area contributed by atoms with Crippen molar-refractivity contribution in [2.75, 3.05) is 0 Å². The van der Waals surface area contributed by atoms with Crippen LogP contribution in [0.2, 0.25) is 0 Å². The van der Waals surface area contributed by atoms with Gasteiger partial charge in [-0.1, -0.05) is 0 Å². The number of rotatable bonds is 2. The van der Waals surface area contributed by atoms with E-state index in [1.54, 1.807) is 0 Å². The molecule has 1 heterocycles. The molecule has 3 heteroatoms. The van der Waals surface area contributed by atoms with Crippen LogP contribution in [0, 0.1) is 12.8 Å². The van der Waals surface area contributed by atoms with Gasteiger partial charge in [0.1, 0.15) is 17.4 Å². The Morgan fingerprint density at radius 3 is 2.81 bits per heavy atom. The molecule has 0 radical (unpaired) electrons. The maximum atomic E-state index is 10.0. The summed E-state index contributed by atoms with van der Waals surface area (Å²) in [6.07, 6.45) is 1.79. The SMILES string of the molecule is Cc1cc(Br)c2oc(C(O)C3CC3)cc2c1. The number of aliphatic hydroxyl groups is 1. The van der Waals surface area contributed by atoms with Crippen LogP contribution in [0.1, 0.15) is 30.3 Å². The number of hydrogen-bond donors (Lipinski definition) is 1. The van der Waals surface area contributed by atoms with Gasteiger partial charge in [-0.3, -0.25) is 0 Å². The summed E-state index contributed by atoms with van der Waals surface area (Å²) in [6, 6.07) is 6.06. The lowest BCUT2D eigenvalue weighted by atomic mass is 10.1. The molecule has 3 rings (SSSR count). The Labute approximate surface area is 102 Å². The highest BCUT2D eigenvalue weighted by Crippen LogP contribution is 2.42. The topological polar surface area (TPSA) is 33.4 Å². The highest BCUT2D eigenvalue weighted by Gasteiger charge is 2.33. The maximum Gasteiger partial charge on any atom is 0.148 e. The highest BCUT2D eigenvalue weighted by molar-refractivity contribution is 9.10. The Kier molecular flexibility index (Phi) is 2.33. The molecule has 1 saturated carbocycles. The lowest BCUT2D eigenvalue weighted by molar-refractivity contribution is 0.129. The van der Waals surface area contributed by atoms with Crippen molar-refractivity contribution in [2.24, 2.45) is 5.92 Å². The van der Waals surface area contributed by atoms with Crippen molar-refractivity contribution >= 4 is 26.9 Å². The van der Waals surface area contributed by atoms with Gasteiger partial charge in [-0.2, -0.15) is 0 Å². The average Bonchev–Trinajstić information content (AvgIpc) is 2.97. The number of aryl methyl sites for hydroxylation is 1. The number of halogens is 1. The molecule has 0 amide bonds. The van der Waals surface area contributed by atoms with Crippen molar-refractivity contribution in [3.8, 4) is 0 Å². The second kappa shape index (κ2) is 3.60. The fraction of sp³-hybridized carbons (Fsp3) is 0.385. The maximum absolute atomic E-state index is 10.0. The number of furan rings is 1.